The van der Waals surface area contributed by atoms with Crippen LogP contribution >= 0.6 is 0 Å². The van der Waals surface area contributed by atoms with Crippen LogP contribution in [0.5, 0.6) is 0 Å². The lowest BCUT2D eigenvalue weighted by Gasteiger charge is -2.11. The number of nitrogen functional groups attached to an aromatic ring is 1. The maximum Gasteiger partial charge on any atom is 0.354 e. The second-order valence-corrected chi connectivity index (χ2v) is 3.45. The Bertz CT molecular complexity index is 474. The molecule has 0 aliphatic carbocycles. The fourth-order valence-electron chi connectivity index (χ4n) is 1.21. The van der Waals surface area contributed by atoms with Gasteiger partial charge in [0.1, 0.15) is 11.6 Å². The molecule has 1 heterocycles. The van der Waals surface area contributed by atoms with Gasteiger partial charge >= 0.3 is 11.9 Å². The Kier molecular flexibility index (Phi) is 3.59. The van der Waals surface area contributed by atoms with E-state index in [4.69, 9.17) is 21.7 Å². The van der Waals surface area contributed by atoms with Gasteiger partial charge in [0.15, 0.2) is 5.69 Å². The quantitative estimate of drug-likeness (QED) is 0.551. The molecule has 17 heavy (non-hydrogen) atoms. The SMILES string of the molecule is Cc1c(N)nc([C@H](N)CC(=O)O)nc1C(=O)O. The first-order chi connectivity index (χ1) is 7.82. The molecule has 6 N–H and O–H groups in total. The Morgan fingerprint density at radius 2 is 1.94 bits per heavy atom. The van der Waals surface area contributed by atoms with E-state index in [1.807, 2.05) is 0 Å². The van der Waals surface area contributed by atoms with Crippen LogP contribution in [0, 0.1) is 6.92 Å². The van der Waals surface area contributed by atoms with Crippen molar-refractivity contribution in [3.8, 4) is 0 Å². The summed E-state index contributed by atoms with van der Waals surface area (Å²) in [4.78, 5) is 28.8. The van der Waals surface area contributed by atoms with Crippen LogP contribution in [0.2, 0.25) is 0 Å². The maximum atomic E-state index is 10.9. The third-order valence-electron chi connectivity index (χ3n) is 2.13. The number of nitrogens with two attached hydrogens (primary N) is 2. The average Bonchev–Trinajstić information content (AvgIpc) is 2.20. The lowest BCUT2D eigenvalue weighted by molar-refractivity contribution is -0.137. The van der Waals surface area contributed by atoms with E-state index in [9.17, 15) is 9.59 Å². The van der Waals surface area contributed by atoms with Crippen LogP contribution in [-0.4, -0.2) is 32.1 Å². The van der Waals surface area contributed by atoms with E-state index >= 15 is 0 Å². The summed E-state index contributed by atoms with van der Waals surface area (Å²) in [6, 6.07) is -0.992. The van der Waals surface area contributed by atoms with Crippen molar-refractivity contribution >= 4 is 17.8 Å². The second kappa shape index (κ2) is 4.74. The summed E-state index contributed by atoms with van der Waals surface area (Å²) in [6.45, 7) is 1.46. The number of carboxylic acid groups (broad SMARTS) is 2. The van der Waals surface area contributed by atoms with Crippen LogP contribution < -0.4 is 11.5 Å². The largest absolute Gasteiger partial charge is 0.481 e. The van der Waals surface area contributed by atoms with Gasteiger partial charge in [-0.2, -0.15) is 0 Å². The highest BCUT2D eigenvalue weighted by molar-refractivity contribution is 5.88. The van der Waals surface area contributed by atoms with E-state index in [-0.39, 0.29) is 22.9 Å². The highest BCUT2D eigenvalue weighted by atomic mass is 16.4. The number of rotatable bonds is 4. The first-order valence-corrected chi connectivity index (χ1v) is 4.67. The number of aliphatic carboxylic acids is 1. The minimum absolute atomic E-state index is 0.0201. The fraction of sp³-hybridized carbons (Fsp3) is 0.333. The molecule has 0 radical (unpaired) electrons. The molecule has 0 aromatic carbocycles. The lowest BCUT2D eigenvalue weighted by Crippen LogP contribution is -2.21. The molecular formula is C9H12N4O4. The van der Waals surface area contributed by atoms with Gasteiger partial charge in [-0.25, -0.2) is 14.8 Å². The molecule has 1 rings (SSSR count). The van der Waals surface area contributed by atoms with Gasteiger partial charge in [0.2, 0.25) is 0 Å². The van der Waals surface area contributed by atoms with E-state index < -0.39 is 24.4 Å². The molecule has 0 bridgehead atoms. The Morgan fingerprint density at radius 1 is 1.35 bits per heavy atom. The van der Waals surface area contributed by atoms with Crippen molar-refractivity contribution in [3.05, 3.63) is 17.1 Å². The predicted molar refractivity (Wildman–Crippen MR) is 57.3 cm³/mol. The molecular weight excluding hydrogens is 228 g/mol. The smallest absolute Gasteiger partial charge is 0.354 e. The predicted octanol–water partition coefficient (Wildman–Crippen LogP) is -0.460. The van der Waals surface area contributed by atoms with Crippen LogP contribution in [-0.2, 0) is 4.79 Å². The Hall–Kier alpha value is -2.22. The molecule has 8 heteroatoms. The first-order valence-electron chi connectivity index (χ1n) is 4.67. The number of hydrogen-bond acceptors (Lipinski definition) is 6. The van der Waals surface area contributed by atoms with E-state index in [1.165, 1.54) is 6.92 Å². The van der Waals surface area contributed by atoms with Crippen LogP contribution in [0.1, 0.15) is 34.3 Å². The zero-order valence-electron chi connectivity index (χ0n) is 9.04. The summed E-state index contributed by atoms with van der Waals surface area (Å²) in [5.74, 6) is -2.50. The molecule has 1 aromatic heterocycles. The third-order valence-corrected chi connectivity index (χ3v) is 2.13. The molecule has 0 aliphatic rings. The molecule has 8 nitrogen and oxygen atoms in total. The summed E-state index contributed by atoms with van der Waals surface area (Å²) in [5, 5.41) is 17.4. The molecule has 0 aliphatic heterocycles. The highest BCUT2D eigenvalue weighted by Crippen LogP contribution is 2.16. The normalized spacial score (nSPS) is 12.1. The molecule has 1 atom stereocenters. The van der Waals surface area contributed by atoms with Crippen molar-refractivity contribution in [2.24, 2.45) is 5.73 Å². The summed E-state index contributed by atoms with van der Waals surface area (Å²) < 4.78 is 0. The van der Waals surface area contributed by atoms with Gasteiger partial charge < -0.3 is 21.7 Å². The van der Waals surface area contributed by atoms with Crippen molar-refractivity contribution in [2.45, 2.75) is 19.4 Å². The van der Waals surface area contributed by atoms with Crippen molar-refractivity contribution in [2.75, 3.05) is 5.73 Å². The first kappa shape index (κ1) is 12.8. The number of anilines is 1. The van der Waals surface area contributed by atoms with Crippen LogP contribution in [0.4, 0.5) is 5.82 Å². The molecule has 0 spiro atoms. The minimum Gasteiger partial charge on any atom is -0.481 e. The number of carboxylic acids is 2. The molecule has 0 amide bonds. The van der Waals surface area contributed by atoms with Gasteiger partial charge in [-0.1, -0.05) is 0 Å². The summed E-state index contributed by atoms with van der Waals surface area (Å²) in [5.41, 5.74) is 11.0. The monoisotopic (exact) mass is 240 g/mol. The van der Waals surface area contributed by atoms with Gasteiger partial charge in [0, 0.05) is 5.56 Å². The second-order valence-electron chi connectivity index (χ2n) is 3.45. The van der Waals surface area contributed by atoms with Gasteiger partial charge in [0.25, 0.3) is 0 Å². The van der Waals surface area contributed by atoms with E-state index in [0.717, 1.165) is 0 Å². The molecule has 0 unspecified atom stereocenters. The van der Waals surface area contributed by atoms with Crippen molar-refractivity contribution in [1.82, 2.24) is 9.97 Å². The topological polar surface area (TPSA) is 152 Å². The van der Waals surface area contributed by atoms with Gasteiger partial charge in [0.05, 0.1) is 12.5 Å². The van der Waals surface area contributed by atoms with Crippen LogP contribution in [0.3, 0.4) is 0 Å². The minimum atomic E-state index is -1.26. The van der Waals surface area contributed by atoms with E-state index in [0.29, 0.717) is 0 Å². The number of aromatic nitrogens is 2. The third kappa shape index (κ3) is 2.88. The number of carbonyl (C=O) groups is 2. The molecule has 0 saturated heterocycles. The summed E-state index contributed by atoms with van der Waals surface area (Å²) in [7, 11) is 0. The number of hydrogen-bond donors (Lipinski definition) is 4. The van der Waals surface area contributed by atoms with Crippen molar-refractivity contribution < 1.29 is 19.8 Å². The number of aromatic carboxylic acids is 1. The van der Waals surface area contributed by atoms with Gasteiger partial charge in [-0.15, -0.1) is 0 Å². The standard InChI is InChI=1S/C9H12N4O4/c1-3-6(9(16)17)12-8(13-7(3)11)4(10)2-5(14)15/h4H,2,10H2,1H3,(H,14,15)(H,16,17)(H2,11,12,13)/t4-/m1/s1. The Morgan fingerprint density at radius 3 is 2.41 bits per heavy atom. The highest BCUT2D eigenvalue weighted by Gasteiger charge is 2.19. The summed E-state index contributed by atoms with van der Waals surface area (Å²) in [6.07, 6.45) is -0.401. The number of nitrogens with zero attached hydrogens (tertiary/aromatic N) is 2. The average molecular weight is 240 g/mol. The van der Waals surface area contributed by atoms with Gasteiger partial charge in [-0.3, -0.25) is 4.79 Å². The Balaban J connectivity index is 3.18. The van der Waals surface area contributed by atoms with Crippen molar-refractivity contribution in [3.63, 3.8) is 0 Å². The van der Waals surface area contributed by atoms with Crippen LogP contribution in [0.25, 0.3) is 0 Å². The molecule has 92 valence electrons. The van der Waals surface area contributed by atoms with E-state index in [2.05, 4.69) is 9.97 Å². The van der Waals surface area contributed by atoms with Crippen molar-refractivity contribution in [1.29, 1.82) is 0 Å². The zero-order chi connectivity index (χ0) is 13.2. The molecule has 1 aromatic rings. The van der Waals surface area contributed by atoms with Gasteiger partial charge in [-0.05, 0) is 6.92 Å². The van der Waals surface area contributed by atoms with Crippen LogP contribution in [0.15, 0.2) is 0 Å². The molecule has 0 fully saturated rings. The summed E-state index contributed by atoms with van der Waals surface area (Å²) >= 11 is 0. The fourth-order valence-corrected chi connectivity index (χ4v) is 1.21. The van der Waals surface area contributed by atoms with E-state index in [1.54, 1.807) is 0 Å². The molecule has 0 saturated carbocycles. The lowest BCUT2D eigenvalue weighted by atomic mass is 10.1. The Labute approximate surface area is 96.3 Å². The maximum absolute atomic E-state index is 10.9. The zero-order valence-corrected chi connectivity index (χ0v) is 9.04.